The third-order valence-corrected chi connectivity index (χ3v) is 4.27. The van der Waals surface area contributed by atoms with Crippen LogP contribution in [-0.2, 0) is 14.3 Å². The third kappa shape index (κ3) is 18.0. The predicted octanol–water partition coefficient (Wildman–Crippen LogP) is 3.39. The average Bonchev–Trinajstić information content (AvgIpc) is 2.59. The molecule has 7 nitrogen and oxygen atoms in total. The highest BCUT2D eigenvalue weighted by Gasteiger charge is 2.17. The van der Waals surface area contributed by atoms with Gasteiger partial charge in [-0.05, 0) is 58.8 Å². The van der Waals surface area contributed by atoms with Crippen LogP contribution in [0.4, 0.5) is 4.79 Å². The van der Waals surface area contributed by atoms with Crippen LogP contribution < -0.4 is 10.6 Å². The molecule has 0 saturated heterocycles. The molecule has 1 atom stereocenters. The zero-order valence-electron chi connectivity index (χ0n) is 18.5. The van der Waals surface area contributed by atoms with Crippen LogP contribution in [0.5, 0.6) is 0 Å². The zero-order valence-corrected chi connectivity index (χ0v) is 18.5. The molecule has 0 heterocycles. The van der Waals surface area contributed by atoms with E-state index >= 15 is 0 Å². The minimum atomic E-state index is -0.660. The lowest BCUT2D eigenvalue weighted by Crippen LogP contribution is -2.29. The minimum Gasteiger partial charge on any atom is -0.447 e. The molecule has 0 fully saturated rings. The van der Waals surface area contributed by atoms with Crippen molar-refractivity contribution in [3.63, 3.8) is 0 Å². The Labute approximate surface area is 170 Å². The molecule has 0 aromatic carbocycles. The monoisotopic (exact) mass is 402 g/mol. The number of carbonyl (C=O) groups is 2. The van der Waals surface area contributed by atoms with Crippen molar-refractivity contribution in [2.45, 2.75) is 91.3 Å². The van der Waals surface area contributed by atoms with Gasteiger partial charge in [0.1, 0.15) is 6.61 Å². The van der Waals surface area contributed by atoms with E-state index in [2.05, 4.69) is 38.3 Å². The number of aliphatic hydroxyl groups excluding tert-OH is 1. The fourth-order valence-electron chi connectivity index (χ4n) is 2.50. The van der Waals surface area contributed by atoms with E-state index in [0.29, 0.717) is 25.4 Å². The molecule has 3 N–H and O–H groups in total. The van der Waals surface area contributed by atoms with Crippen molar-refractivity contribution >= 4 is 12.0 Å². The second kappa shape index (κ2) is 15.6. The van der Waals surface area contributed by atoms with Crippen molar-refractivity contribution in [2.24, 2.45) is 5.92 Å². The number of hydrogen-bond acceptors (Lipinski definition) is 5. The number of ether oxygens (including phenoxy) is 2. The lowest BCUT2D eigenvalue weighted by molar-refractivity contribution is -0.121. The van der Waals surface area contributed by atoms with Crippen LogP contribution in [0.3, 0.4) is 0 Å². The van der Waals surface area contributed by atoms with Gasteiger partial charge in [0.05, 0.1) is 11.7 Å². The van der Waals surface area contributed by atoms with Gasteiger partial charge < -0.3 is 25.2 Å². The topological polar surface area (TPSA) is 96.9 Å². The van der Waals surface area contributed by atoms with Crippen LogP contribution in [0.2, 0.25) is 0 Å². The Balaban J connectivity index is 3.56. The van der Waals surface area contributed by atoms with Crippen LogP contribution in [0.25, 0.3) is 0 Å². The lowest BCUT2D eigenvalue weighted by Gasteiger charge is -2.26. The molecule has 0 spiro atoms. The summed E-state index contributed by atoms with van der Waals surface area (Å²) in [6.45, 7) is 12.1. The molecule has 166 valence electrons. The number of unbranched alkanes of at least 4 members (excludes halogenated alkanes) is 2. The van der Waals surface area contributed by atoms with E-state index in [0.717, 1.165) is 45.1 Å². The van der Waals surface area contributed by atoms with E-state index in [-0.39, 0.29) is 18.1 Å². The molecule has 0 radical (unpaired) electrons. The molecule has 2 amide bonds. The van der Waals surface area contributed by atoms with Crippen molar-refractivity contribution in [1.82, 2.24) is 10.6 Å². The van der Waals surface area contributed by atoms with Gasteiger partial charge in [-0.3, -0.25) is 4.79 Å². The zero-order chi connectivity index (χ0) is 21.4. The largest absolute Gasteiger partial charge is 0.447 e. The minimum absolute atomic E-state index is 0.00669. The number of amides is 2. The number of carbonyl (C=O) groups excluding carboxylic acids is 2. The molecule has 0 aliphatic rings. The summed E-state index contributed by atoms with van der Waals surface area (Å²) >= 11 is 0. The summed E-state index contributed by atoms with van der Waals surface area (Å²) in [5.41, 5.74) is -0.150. The van der Waals surface area contributed by atoms with Gasteiger partial charge in [-0.2, -0.15) is 0 Å². The average molecular weight is 403 g/mol. The molecular weight excluding hydrogens is 360 g/mol. The molecule has 7 heteroatoms. The molecular formula is C21H42N2O5. The predicted molar refractivity (Wildman–Crippen MR) is 111 cm³/mol. The summed E-state index contributed by atoms with van der Waals surface area (Å²) in [6.07, 6.45) is 4.66. The molecule has 0 aromatic heterocycles. The van der Waals surface area contributed by atoms with Crippen molar-refractivity contribution < 1.29 is 24.2 Å². The standard InChI is InChI=1S/C21H42N2O5/c1-17(2)11-15-28-21(4,5)12-9-14-22-19(25)10-7-6-8-13-23-20(26)27-16-18(3)24/h17-18,24H,6-16H2,1-5H3,(H,22,25)(H,23,26). The first-order valence-electron chi connectivity index (χ1n) is 10.6. The lowest BCUT2D eigenvalue weighted by atomic mass is 10.0. The summed E-state index contributed by atoms with van der Waals surface area (Å²) in [6, 6.07) is 0. The molecule has 0 bridgehead atoms. The highest BCUT2D eigenvalue weighted by molar-refractivity contribution is 5.75. The number of rotatable bonds is 16. The first kappa shape index (κ1) is 26.7. The van der Waals surface area contributed by atoms with Gasteiger partial charge in [-0.1, -0.05) is 20.3 Å². The van der Waals surface area contributed by atoms with E-state index < -0.39 is 12.2 Å². The SMILES string of the molecule is CC(C)CCOC(C)(C)CCCNC(=O)CCCCCNC(=O)OCC(C)O. The van der Waals surface area contributed by atoms with Crippen LogP contribution in [0, 0.1) is 5.92 Å². The Kier molecular flexibility index (Phi) is 14.8. The fraction of sp³-hybridized carbons (Fsp3) is 0.905. The van der Waals surface area contributed by atoms with E-state index in [4.69, 9.17) is 14.6 Å². The Morgan fingerprint density at radius 2 is 1.68 bits per heavy atom. The van der Waals surface area contributed by atoms with Gasteiger partial charge in [-0.25, -0.2) is 4.79 Å². The van der Waals surface area contributed by atoms with E-state index in [1.807, 2.05) is 0 Å². The second-order valence-electron chi connectivity index (χ2n) is 8.43. The smallest absolute Gasteiger partial charge is 0.407 e. The quantitative estimate of drug-likeness (QED) is 0.344. The first-order chi connectivity index (χ1) is 13.1. The van der Waals surface area contributed by atoms with Gasteiger partial charge in [0.2, 0.25) is 5.91 Å². The van der Waals surface area contributed by atoms with Crippen LogP contribution in [0.1, 0.15) is 79.6 Å². The maximum atomic E-state index is 11.8. The summed E-state index contributed by atoms with van der Waals surface area (Å²) < 4.78 is 10.7. The van der Waals surface area contributed by atoms with Crippen LogP contribution in [0.15, 0.2) is 0 Å². The van der Waals surface area contributed by atoms with Crippen LogP contribution in [-0.4, -0.2) is 55.1 Å². The number of hydrogen-bond donors (Lipinski definition) is 3. The number of alkyl carbamates (subject to hydrolysis) is 1. The maximum absolute atomic E-state index is 11.8. The molecule has 0 aliphatic carbocycles. The highest BCUT2D eigenvalue weighted by Crippen LogP contribution is 2.17. The van der Waals surface area contributed by atoms with Gasteiger partial charge in [-0.15, -0.1) is 0 Å². The van der Waals surface area contributed by atoms with Gasteiger partial charge in [0.25, 0.3) is 0 Å². The van der Waals surface area contributed by atoms with E-state index in [9.17, 15) is 9.59 Å². The molecule has 28 heavy (non-hydrogen) atoms. The summed E-state index contributed by atoms with van der Waals surface area (Å²) in [7, 11) is 0. The molecule has 0 aliphatic heterocycles. The summed E-state index contributed by atoms with van der Waals surface area (Å²) in [5, 5.41) is 14.6. The Bertz CT molecular complexity index is 425. The second-order valence-corrected chi connectivity index (χ2v) is 8.43. The Hall–Kier alpha value is -1.34. The van der Waals surface area contributed by atoms with Crippen molar-refractivity contribution in [3.8, 4) is 0 Å². The Morgan fingerprint density at radius 3 is 2.32 bits per heavy atom. The maximum Gasteiger partial charge on any atom is 0.407 e. The van der Waals surface area contributed by atoms with E-state index in [1.54, 1.807) is 6.92 Å². The van der Waals surface area contributed by atoms with Crippen molar-refractivity contribution in [3.05, 3.63) is 0 Å². The van der Waals surface area contributed by atoms with Gasteiger partial charge in [0.15, 0.2) is 0 Å². The summed E-state index contributed by atoms with van der Waals surface area (Å²) in [5.74, 6) is 0.720. The van der Waals surface area contributed by atoms with Gasteiger partial charge in [0, 0.05) is 26.1 Å². The molecule has 1 unspecified atom stereocenters. The first-order valence-corrected chi connectivity index (χ1v) is 10.6. The normalized spacial score (nSPS) is 12.7. The molecule has 0 aromatic rings. The molecule has 0 saturated carbocycles. The fourth-order valence-corrected chi connectivity index (χ4v) is 2.50. The number of aliphatic hydroxyl groups is 1. The summed E-state index contributed by atoms with van der Waals surface area (Å²) in [4.78, 5) is 23.1. The number of nitrogens with one attached hydrogen (secondary N) is 2. The van der Waals surface area contributed by atoms with Crippen LogP contribution >= 0.6 is 0 Å². The van der Waals surface area contributed by atoms with Crippen molar-refractivity contribution in [2.75, 3.05) is 26.3 Å². The third-order valence-electron chi connectivity index (χ3n) is 4.27. The van der Waals surface area contributed by atoms with E-state index in [1.165, 1.54) is 0 Å². The highest BCUT2D eigenvalue weighted by atomic mass is 16.6. The Morgan fingerprint density at radius 1 is 1.00 bits per heavy atom. The van der Waals surface area contributed by atoms with Gasteiger partial charge >= 0.3 is 6.09 Å². The van der Waals surface area contributed by atoms with Crippen molar-refractivity contribution in [1.29, 1.82) is 0 Å². The molecule has 0 rings (SSSR count).